The highest BCUT2D eigenvalue weighted by Crippen LogP contribution is 2.15. The number of urea groups is 1. The Morgan fingerprint density at radius 3 is 2.67 bits per heavy atom. The lowest BCUT2D eigenvalue weighted by Crippen LogP contribution is -2.49. The second-order valence-corrected chi connectivity index (χ2v) is 5.36. The van der Waals surface area contributed by atoms with Crippen molar-refractivity contribution in [2.45, 2.75) is 45.8 Å². The molecule has 2 atom stereocenters. The molecule has 1 aliphatic heterocycles. The van der Waals surface area contributed by atoms with E-state index in [0.717, 1.165) is 19.4 Å². The van der Waals surface area contributed by atoms with Gasteiger partial charge in [0.25, 0.3) is 0 Å². The Labute approximate surface area is 107 Å². The molecule has 0 aromatic carbocycles. The first-order chi connectivity index (χ1) is 8.33. The molecule has 0 aromatic rings. The van der Waals surface area contributed by atoms with Gasteiger partial charge in [-0.1, -0.05) is 0 Å². The fourth-order valence-corrected chi connectivity index (χ4v) is 1.72. The van der Waals surface area contributed by atoms with Crippen molar-refractivity contribution in [3.8, 4) is 0 Å². The Morgan fingerprint density at radius 1 is 1.50 bits per heavy atom. The second kappa shape index (κ2) is 6.04. The normalized spacial score (nSPS) is 21.4. The maximum absolute atomic E-state index is 11.6. The van der Waals surface area contributed by atoms with Gasteiger partial charge in [0, 0.05) is 13.2 Å². The van der Waals surface area contributed by atoms with E-state index in [0.29, 0.717) is 0 Å². The monoisotopic (exact) mass is 258 g/mol. The fraction of sp³-hybridized carbons (Fsp3) is 0.833. The third kappa shape index (κ3) is 4.18. The number of carboxylic acid groups (broad SMARTS) is 1. The van der Waals surface area contributed by atoms with Crippen molar-refractivity contribution in [2.75, 3.05) is 13.2 Å². The molecule has 6 heteroatoms. The van der Waals surface area contributed by atoms with Crippen LogP contribution in [-0.2, 0) is 9.53 Å². The van der Waals surface area contributed by atoms with Crippen molar-refractivity contribution >= 4 is 12.0 Å². The lowest BCUT2D eigenvalue weighted by Gasteiger charge is -2.23. The molecule has 1 saturated heterocycles. The molecule has 0 bridgehead atoms. The number of hydrogen-bond acceptors (Lipinski definition) is 3. The van der Waals surface area contributed by atoms with E-state index < -0.39 is 11.4 Å². The number of carboxylic acids is 1. The maximum Gasteiger partial charge on any atom is 0.315 e. The summed E-state index contributed by atoms with van der Waals surface area (Å²) in [5.74, 6) is -0.935. The second-order valence-electron chi connectivity index (χ2n) is 5.36. The van der Waals surface area contributed by atoms with Crippen molar-refractivity contribution in [1.82, 2.24) is 10.6 Å². The van der Waals surface area contributed by atoms with Gasteiger partial charge in [-0.3, -0.25) is 4.79 Å². The van der Waals surface area contributed by atoms with Crippen LogP contribution in [0.5, 0.6) is 0 Å². The van der Waals surface area contributed by atoms with Gasteiger partial charge in [0.05, 0.1) is 17.6 Å². The van der Waals surface area contributed by atoms with Crippen LogP contribution in [-0.4, -0.2) is 42.4 Å². The van der Waals surface area contributed by atoms with Gasteiger partial charge in [0.2, 0.25) is 0 Å². The molecule has 3 N–H and O–H groups in total. The zero-order valence-electron chi connectivity index (χ0n) is 11.2. The van der Waals surface area contributed by atoms with E-state index in [2.05, 4.69) is 10.6 Å². The highest BCUT2D eigenvalue weighted by molar-refractivity contribution is 5.77. The van der Waals surface area contributed by atoms with Gasteiger partial charge in [0.15, 0.2) is 0 Å². The minimum Gasteiger partial charge on any atom is -0.481 e. The molecule has 18 heavy (non-hydrogen) atoms. The molecule has 104 valence electrons. The first-order valence-electron chi connectivity index (χ1n) is 6.22. The predicted octanol–water partition coefficient (Wildman–Crippen LogP) is 0.964. The van der Waals surface area contributed by atoms with E-state index in [1.807, 2.05) is 6.92 Å². The summed E-state index contributed by atoms with van der Waals surface area (Å²) in [6.07, 6.45) is 2.02. The van der Waals surface area contributed by atoms with Crippen LogP contribution in [0, 0.1) is 5.41 Å². The van der Waals surface area contributed by atoms with Crippen LogP contribution in [0.2, 0.25) is 0 Å². The Kier molecular flexibility index (Phi) is 4.95. The average Bonchev–Trinajstić information content (AvgIpc) is 2.79. The molecule has 0 aromatic heterocycles. The summed E-state index contributed by atoms with van der Waals surface area (Å²) in [6.45, 7) is 5.85. The summed E-state index contributed by atoms with van der Waals surface area (Å²) in [5, 5.41) is 14.3. The Morgan fingerprint density at radius 2 is 2.17 bits per heavy atom. The highest BCUT2D eigenvalue weighted by atomic mass is 16.5. The minimum atomic E-state index is -0.968. The largest absolute Gasteiger partial charge is 0.481 e. The average molecular weight is 258 g/mol. The highest BCUT2D eigenvalue weighted by Gasteiger charge is 2.28. The Balaban J connectivity index is 2.31. The number of carbonyl (C=O) groups is 2. The third-order valence-electron chi connectivity index (χ3n) is 3.15. The van der Waals surface area contributed by atoms with E-state index >= 15 is 0 Å². The number of amides is 2. The predicted molar refractivity (Wildman–Crippen MR) is 66.4 cm³/mol. The lowest BCUT2D eigenvalue weighted by molar-refractivity contribution is -0.146. The molecule has 0 radical (unpaired) electrons. The van der Waals surface area contributed by atoms with Gasteiger partial charge in [0.1, 0.15) is 0 Å². The number of nitrogens with one attached hydrogen (secondary N) is 2. The van der Waals surface area contributed by atoms with Gasteiger partial charge in [-0.2, -0.15) is 0 Å². The van der Waals surface area contributed by atoms with Crippen molar-refractivity contribution < 1.29 is 19.4 Å². The van der Waals surface area contributed by atoms with E-state index in [4.69, 9.17) is 9.84 Å². The van der Waals surface area contributed by atoms with Gasteiger partial charge in [-0.15, -0.1) is 0 Å². The van der Waals surface area contributed by atoms with E-state index in [9.17, 15) is 9.59 Å². The molecule has 0 aliphatic carbocycles. The summed E-state index contributed by atoms with van der Waals surface area (Å²) in [6, 6.07) is -0.423. The van der Waals surface area contributed by atoms with Gasteiger partial charge < -0.3 is 20.5 Å². The lowest BCUT2D eigenvalue weighted by atomic mass is 9.94. The number of carbonyl (C=O) groups excluding carboxylic acids is 1. The summed E-state index contributed by atoms with van der Waals surface area (Å²) in [7, 11) is 0. The van der Waals surface area contributed by atoms with Crippen molar-refractivity contribution in [3.05, 3.63) is 0 Å². The molecule has 0 saturated carbocycles. The SMILES string of the molecule is CC(NC(=O)NCC(C)(C)C(=O)O)C1CCCO1. The van der Waals surface area contributed by atoms with E-state index in [-0.39, 0.29) is 24.7 Å². The zero-order chi connectivity index (χ0) is 13.8. The number of aliphatic carboxylic acids is 1. The van der Waals surface area contributed by atoms with Crippen molar-refractivity contribution in [1.29, 1.82) is 0 Å². The summed E-state index contributed by atoms with van der Waals surface area (Å²) >= 11 is 0. The molecule has 1 rings (SSSR count). The fourth-order valence-electron chi connectivity index (χ4n) is 1.72. The van der Waals surface area contributed by atoms with Crippen LogP contribution in [0.3, 0.4) is 0 Å². The summed E-state index contributed by atoms with van der Waals surface area (Å²) < 4.78 is 5.46. The van der Waals surface area contributed by atoms with Crippen molar-refractivity contribution in [3.63, 3.8) is 0 Å². The van der Waals surface area contributed by atoms with Gasteiger partial charge >= 0.3 is 12.0 Å². The molecule has 1 heterocycles. The summed E-state index contributed by atoms with van der Waals surface area (Å²) in [5.41, 5.74) is -0.968. The molecule has 6 nitrogen and oxygen atoms in total. The van der Waals surface area contributed by atoms with Crippen LogP contribution in [0.1, 0.15) is 33.6 Å². The standard InChI is InChI=1S/C12H22N2O4/c1-8(9-5-4-6-18-9)14-11(17)13-7-12(2,3)10(15)16/h8-9H,4-7H2,1-3H3,(H,15,16)(H2,13,14,17). The molecular weight excluding hydrogens is 236 g/mol. The quantitative estimate of drug-likeness (QED) is 0.685. The van der Waals surface area contributed by atoms with Crippen LogP contribution in [0.15, 0.2) is 0 Å². The Bertz CT molecular complexity index is 311. The zero-order valence-corrected chi connectivity index (χ0v) is 11.2. The molecule has 2 unspecified atom stereocenters. The first-order valence-corrected chi connectivity index (χ1v) is 6.22. The molecule has 1 fully saturated rings. The molecular formula is C12H22N2O4. The molecule has 1 aliphatic rings. The van der Waals surface area contributed by atoms with Crippen LogP contribution >= 0.6 is 0 Å². The van der Waals surface area contributed by atoms with Gasteiger partial charge in [-0.05, 0) is 33.6 Å². The van der Waals surface area contributed by atoms with Crippen LogP contribution < -0.4 is 10.6 Å². The third-order valence-corrected chi connectivity index (χ3v) is 3.15. The molecule has 0 spiro atoms. The van der Waals surface area contributed by atoms with Gasteiger partial charge in [-0.25, -0.2) is 4.79 Å². The van der Waals surface area contributed by atoms with Crippen LogP contribution in [0.4, 0.5) is 4.79 Å². The maximum atomic E-state index is 11.6. The number of rotatable bonds is 5. The first kappa shape index (κ1) is 14.8. The molecule has 2 amide bonds. The summed E-state index contributed by atoms with van der Waals surface area (Å²) in [4.78, 5) is 22.5. The minimum absolute atomic E-state index is 0.0585. The van der Waals surface area contributed by atoms with E-state index in [1.165, 1.54) is 0 Å². The van der Waals surface area contributed by atoms with Crippen molar-refractivity contribution in [2.24, 2.45) is 5.41 Å². The smallest absolute Gasteiger partial charge is 0.315 e. The number of hydrogen-bond donors (Lipinski definition) is 3. The number of ether oxygens (including phenoxy) is 1. The van der Waals surface area contributed by atoms with E-state index in [1.54, 1.807) is 13.8 Å². The Hall–Kier alpha value is -1.30. The van der Waals surface area contributed by atoms with Crippen LogP contribution in [0.25, 0.3) is 0 Å². The topological polar surface area (TPSA) is 87.7 Å².